The zero-order chi connectivity index (χ0) is 20.8. The fraction of sp³-hybridized carbons (Fsp3) is 0.182. The maximum Gasteiger partial charge on any atom is 0.277 e. The Hall–Kier alpha value is -3.25. The summed E-state index contributed by atoms with van der Waals surface area (Å²) >= 11 is 6.33. The van der Waals surface area contributed by atoms with Crippen molar-refractivity contribution < 1.29 is 14.3 Å². The van der Waals surface area contributed by atoms with Crippen molar-refractivity contribution in [3.63, 3.8) is 0 Å². The van der Waals surface area contributed by atoms with Crippen LogP contribution in [-0.4, -0.2) is 30.4 Å². The summed E-state index contributed by atoms with van der Waals surface area (Å²) in [6, 6.07) is 16.8. The molecule has 3 rings (SSSR count). The van der Waals surface area contributed by atoms with Gasteiger partial charge in [-0.2, -0.15) is 5.10 Å². The molecule has 2 aromatic carbocycles. The summed E-state index contributed by atoms with van der Waals surface area (Å²) in [6.45, 7) is 3.80. The van der Waals surface area contributed by atoms with Crippen molar-refractivity contribution in [2.24, 2.45) is 5.10 Å². The van der Waals surface area contributed by atoms with Crippen LogP contribution in [0.15, 0.2) is 59.7 Å². The van der Waals surface area contributed by atoms with E-state index < -0.39 is 0 Å². The number of aromatic nitrogens is 1. The van der Waals surface area contributed by atoms with Crippen LogP contribution >= 0.6 is 11.6 Å². The van der Waals surface area contributed by atoms with E-state index in [-0.39, 0.29) is 12.5 Å². The Morgan fingerprint density at radius 3 is 2.55 bits per heavy atom. The van der Waals surface area contributed by atoms with Gasteiger partial charge in [0, 0.05) is 17.0 Å². The largest absolute Gasteiger partial charge is 0.493 e. The molecule has 0 atom stereocenters. The molecule has 3 aromatic rings. The molecule has 0 fully saturated rings. The molecule has 0 aliphatic carbocycles. The number of aryl methyl sites for hydroxylation is 1. The molecule has 0 unspecified atom stereocenters. The molecule has 1 amide bonds. The van der Waals surface area contributed by atoms with Gasteiger partial charge >= 0.3 is 0 Å². The first-order valence-corrected chi connectivity index (χ1v) is 9.40. The number of benzene rings is 2. The van der Waals surface area contributed by atoms with Crippen LogP contribution < -0.4 is 14.9 Å². The molecule has 0 bridgehead atoms. The lowest BCUT2D eigenvalue weighted by Crippen LogP contribution is -2.24. The highest BCUT2D eigenvalue weighted by Crippen LogP contribution is 2.26. The summed E-state index contributed by atoms with van der Waals surface area (Å²) in [7, 11) is 1.55. The van der Waals surface area contributed by atoms with Crippen molar-refractivity contribution in [3.8, 4) is 17.2 Å². The maximum atomic E-state index is 12.0. The lowest BCUT2D eigenvalue weighted by molar-refractivity contribution is -0.123. The number of rotatable bonds is 7. The number of hydrogen-bond acceptors (Lipinski definition) is 4. The minimum absolute atomic E-state index is 0.170. The van der Waals surface area contributed by atoms with Crippen molar-refractivity contribution in [1.82, 2.24) is 9.99 Å². The first-order valence-electron chi connectivity index (χ1n) is 9.03. The number of nitrogens with one attached hydrogen (secondary N) is 1. The second-order valence-corrected chi connectivity index (χ2v) is 6.75. The first-order chi connectivity index (χ1) is 14.0. The van der Waals surface area contributed by atoms with Crippen molar-refractivity contribution in [3.05, 3.63) is 76.6 Å². The van der Waals surface area contributed by atoms with Crippen molar-refractivity contribution in [1.29, 1.82) is 0 Å². The third-order valence-corrected chi connectivity index (χ3v) is 4.70. The third-order valence-electron chi connectivity index (χ3n) is 4.38. The van der Waals surface area contributed by atoms with E-state index in [4.69, 9.17) is 21.1 Å². The minimum atomic E-state index is -0.368. The molecule has 0 aliphatic rings. The fourth-order valence-corrected chi connectivity index (χ4v) is 3.23. The fourth-order valence-electron chi connectivity index (χ4n) is 3.01. The van der Waals surface area contributed by atoms with E-state index >= 15 is 0 Å². The van der Waals surface area contributed by atoms with Gasteiger partial charge in [-0.25, -0.2) is 5.43 Å². The predicted molar refractivity (Wildman–Crippen MR) is 114 cm³/mol. The van der Waals surface area contributed by atoms with Gasteiger partial charge in [-0.3, -0.25) is 4.79 Å². The molecular formula is C22H22ClN3O3. The second kappa shape index (κ2) is 9.30. The second-order valence-electron chi connectivity index (χ2n) is 6.35. The average Bonchev–Trinajstić information content (AvgIpc) is 3.00. The summed E-state index contributed by atoms with van der Waals surface area (Å²) in [5, 5.41) is 4.71. The highest BCUT2D eigenvalue weighted by atomic mass is 35.5. The van der Waals surface area contributed by atoms with Gasteiger partial charge in [0.25, 0.3) is 5.91 Å². The normalized spacial score (nSPS) is 10.9. The molecule has 0 saturated carbocycles. The number of carbonyl (C=O) groups excluding carboxylic acids is 1. The van der Waals surface area contributed by atoms with Gasteiger partial charge in [0.05, 0.1) is 24.0 Å². The van der Waals surface area contributed by atoms with Crippen molar-refractivity contribution >= 4 is 23.7 Å². The van der Waals surface area contributed by atoms with Crippen LogP contribution in [0, 0.1) is 13.8 Å². The molecule has 7 heteroatoms. The summed E-state index contributed by atoms with van der Waals surface area (Å²) in [6.07, 6.45) is 1.61. The van der Waals surface area contributed by atoms with E-state index in [2.05, 4.69) is 15.1 Å². The van der Waals surface area contributed by atoms with E-state index in [9.17, 15) is 4.79 Å². The van der Waals surface area contributed by atoms with Gasteiger partial charge < -0.3 is 14.0 Å². The first kappa shape index (κ1) is 20.5. The summed E-state index contributed by atoms with van der Waals surface area (Å²) in [4.78, 5) is 12.0. The van der Waals surface area contributed by atoms with Gasteiger partial charge in [0.2, 0.25) is 0 Å². The maximum absolute atomic E-state index is 12.0. The summed E-state index contributed by atoms with van der Waals surface area (Å²) in [5.74, 6) is 0.695. The van der Waals surface area contributed by atoms with Crippen LogP contribution in [0.25, 0.3) is 5.69 Å². The zero-order valence-corrected chi connectivity index (χ0v) is 17.2. The number of ether oxygens (including phenoxy) is 2. The smallest absolute Gasteiger partial charge is 0.277 e. The molecule has 29 heavy (non-hydrogen) atoms. The van der Waals surface area contributed by atoms with Crippen LogP contribution in [-0.2, 0) is 4.79 Å². The van der Waals surface area contributed by atoms with E-state index in [1.807, 2.05) is 56.3 Å². The van der Waals surface area contributed by atoms with Gasteiger partial charge in [-0.05, 0) is 44.2 Å². The molecule has 1 aromatic heterocycles. The Morgan fingerprint density at radius 2 is 1.83 bits per heavy atom. The monoisotopic (exact) mass is 411 g/mol. The molecule has 0 spiro atoms. The number of hydrogen-bond donors (Lipinski definition) is 1. The average molecular weight is 412 g/mol. The molecule has 6 nitrogen and oxygen atoms in total. The van der Waals surface area contributed by atoms with Gasteiger partial charge in [-0.1, -0.05) is 35.9 Å². The SMILES string of the molecule is COc1ccccc1OCC(=O)N/N=C\c1cc(C)n(-c2ccccc2Cl)c1C. The predicted octanol–water partition coefficient (Wildman–Crippen LogP) is 4.29. The van der Waals surface area contributed by atoms with E-state index in [1.54, 1.807) is 25.5 Å². The number of hydrazone groups is 1. The number of amides is 1. The number of para-hydroxylation sites is 3. The van der Waals surface area contributed by atoms with Crippen LogP contribution in [0.4, 0.5) is 0 Å². The molecule has 0 aliphatic heterocycles. The van der Waals surface area contributed by atoms with Crippen LogP contribution in [0.2, 0.25) is 5.02 Å². The number of halogens is 1. The molecule has 1 N–H and O–H groups in total. The van der Waals surface area contributed by atoms with Gasteiger partial charge in [0.15, 0.2) is 18.1 Å². The van der Waals surface area contributed by atoms with Crippen LogP contribution in [0.5, 0.6) is 11.5 Å². The van der Waals surface area contributed by atoms with E-state index in [0.717, 1.165) is 22.6 Å². The summed E-state index contributed by atoms with van der Waals surface area (Å²) < 4.78 is 12.7. The van der Waals surface area contributed by atoms with Crippen molar-refractivity contribution in [2.45, 2.75) is 13.8 Å². The Balaban J connectivity index is 1.64. The van der Waals surface area contributed by atoms with E-state index in [0.29, 0.717) is 16.5 Å². The van der Waals surface area contributed by atoms with Gasteiger partial charge in [-0.15, -0.1) is 0 Å². The Bertz CT molecular complexity index is 1040. The minimum Gasteiger partial charge on any atom is -0.493 e. The lowest BCUT2D eigenvalue weighted by atomic mass is 10.2. The standard InChI is InChI=1S/C22H22ClN3O3/c1-15-12-17(16(2)26(15)19-9-5-4-8-18(19)23)13-24-25-22(27)14-29-21-11-7-6-10-20(21)28-3/h4-13H,14H2,1-3H3,(H,25,27)/b24-13-. The Morgan fingerprint density at radius 1 is 1.14 bits per heavy atom. The molecule has 0 saturated heterocycles. The molecular weight excluding hydrogens is 390 g/mol. The summed E-state index contributed by atoms with van der Waals surface area (Å²) in [5.41, 5.74) is 6.25. The molecule has 150 valence electrons. The quantitative estimate of drug-likeness (QED) is 0.466. The van der Waals surface area contributed by atoms with E-state index in [1.165, 1.54) is 0 Å². The molecule has 1 heterocycles. The third kappa shape index (κ3) is 4.78. The topological polar surface area (TPSA) is 64.8 Å². The zero-order valence-electron chi connectivity index (χ0n) is 16.5. The van der Waals surface area contributed by atoms with Crippen LogP contribution in [0.3, 0.4) is 0 Å². The Labute approximate surface area is 174 Å². The highest BCUT2D eigenvalue weighted by molar-refractivity contribution is 6.32. The van der Waals surface area contributed by atoms with Gasteiger partial charge in [0.1, 0.15) is 0 Å². The lowest BCUT2D eigenvalue weighted by Gasteiger charge is -2.11. The number of methoxy groups -OCH3 is 1. The number of nitrogens with zero attached hydrogens (tertiary/aromatic N) is 2. The Kier molecular flexibility index (Phi) is 6.57. The number of carbonyl (C=O) groups is 1. The highest BCUT2D eigenvalue weighted by Gasteiger charge is 2.12. The van der Waals surface area contributed by atoms with Crippen LogP contribution in [0.1, 0.15) is 17.0 Å². The molecule has 0 radical (unpaired) electrons. The van der Waals surface area contributed by atoms with Crippen molar-refractivity contribution in [2.75, 3.05) is 13.7 Å².